The summed E-state index contributed by atoms with van der Waals surface area (Å²) in [6.07, 6.45) is 7.52. The van der Waals surface area contributed by atoms with E-state index in [-0.39, 0.29) is 17.8 Å². The largest absolute Gasteiger partial charge is 0.305 e. The smallest absolute Gasteiger partial charge is 0.258 e. The lowest BCUT2D eigenvalue weighted by Gasteiger charge is -2.36. The molecule has 29 heavy (non-hydrogen) atoms. The number of halogens is 1. The van der Waals surface area contributed by atoms with Gasteiger partial charge in [-0.25, -0.2) is 4.39 Å². The van der Waals surface area contributed by atoms with Gasteiger partial charge in [0.05, 0.1) is 11.7 Å². The monoisotopic (exact) mass is 392 g/mol. The molecule has 0 spiro atoms. The van der Waals surface area contributed by atoms with Gasteiger partial charge in [0.25, 0.3) is 5.91 Å². The van der Waals surface area contributed by atoms with Gasteiger partial charge in [-0.2, -0.15) is 0 Å². The Labute approximate surface area is 172 Å². The minimum absolute atomic E-state index is 0.0198. The highest BCUT2D eigenvalue weighted by Gasteiger charge is 2.33. The molecule has 1 atom stereocenters. The number of aliphatic imine (C=N–C) groups is 1. The third-order valence-corrected chi connectivity index (χ3v) is 6.20. The summed E-state index contributed by atoms with van der Waals surface area (Å²) in [7, 11) is 0. The van der Waals surface area contributed by atoms with Crippen LogP contribution in [-0.2, 0) is 6.42 Å². The number of aryl methyl sites for hydroxylation is 1. The van der Waals surface area contributed by atoms with E-state index in [9.17, 15) is 9.18 Å². The molecule has 1 amide bonds. The second kappa shape index (κ2) is 8.48. The third-order valence-electron chi connectivity index (χ3n) is 6.20. The fraction of sp³-hybridized carbons (Fsp3) is 0.440. The van der Waals surface area contributed by atoms with Crippen LogP contribution >= 0.6 is 0 Å². The van der Waals surface area contributed by atoms with Crippen molar-refractivity contribution in [3.05, 3.63) is 65.0 Å². The van der Waals surface area contributed by atoms with Crippen molar-refractivity contribution in [2.24, 2.45) is 4.99 Å². The number of amides is 1. The zero-order chi connectivity index (χ0) is 20.4. The molecule has 0 bridgehead atoms. The van der Waals surface area contributed by atoms with Gasteiger partial charge in [0, 0.05) is 29.3 Å². The second-order valence-corrected chi connectivity index (χ2v) is 8.31. The fourth-order valence-electron chi connectivity index (χ4n) is 4.55. The molecule has 3 nitrogen and oxygen atoms in total. The van der Waals surface area contributed by atoms with Gasteiger partial charge in [-0.1, -0.05) is 38.3 Å². The van der Waals surface area contributed by atoms with Gasteiger partial charge in [0.15, 0.2) is 0 Å². The summed E-state index contributed by atoms with van der Waals surface area (Å²) >= 11 is 0. The second-order valence-electron chi connectivity index (χ2n) is 8.31. The first-order chi connectivity index (χ1) is 14.1. The van der Waals surface area contributed by atoms with Crippen molar-refractivity contribution in [1.29, 1.82) is 0 Å². The van der Waals surface area contributed by atoms with Crippen molar-refractivity contribution in [3.63, 3.8) is 0 Å². The van der Waals surface area contributed by atoms with Crippen LogP contribution in [0.2, 0.25) is 0 Å². The summed E-state index contributed by atoms with van der Waals surface area (Å²) in [6, 6.07) is 12.8. The van der Waals surface area contributed by atoms with Crippen molar-refractivity contribution in [2.45, 2.75) is 70.9 Å². The zero-order valence-electron chi connectivity index (χ0n) is 17.3. The van der Waals surface area contributed by atoms with E-state index in [1.54, 1.807) is 12.1 Å². The molecule has 4 heteroatoms. The highest BCUT2D eigenvalue weighted by Crippen LogP contribution is 2.34. The summed E-state index contributed by atoms with van der Waals surface area (Å²) in [6.45, 7) is 4.16. The molecule has 2 aliphatic rings. The molecule has 1 fully saturated rings. The van der Waals surface area contributed by atoms with E-state index in [0.717, 1.165) is 36.2 Å². The van der Waals surface area contributed by atoms with Gasteiger partial charge in [0.2, 0.25) is 0 Å². The molecule has 0 N–H and O–H groups in total. The van der Waals surface area contributed by atoms with Gasteiger partial charge < -0.3 is 4.90 Å². The van der Waals surface area contributed by atoms with E-state index >= 15 is 0 Å². The molecule has 1 heterocycles. The van der Waals surface area contributed by atoms with Crippen molar-refractivity contribution in [3.8, 4) is 0 Å². The lowest BCUT2D eigenvalue weighted by atomic mass is 9.91. The predicted molar refractivity (Wildman–Crippen MR) is 117 cm³/mol. The van der Waals surface area contributed by atoms with E-state index in [0.29, 0.717) is 18.0 Å². The van der Waals surface area contributed by atoms with Gasteiger partial charge >= 0.3 is 0 Å². The number of anilines is 1. The van der Waals surface area contributed by atoms with Crippen LogP contribution in [0.5, 0.6) is 0 Å². The average molecular weight is 393 g/mol. The first-order valence-electron chi connectivity index (χ1n) is 10.9. The summed E-state index contributed by atoms with van der Waals surface area (Å²) in [5, 5.41) is 0. The molecule has 0 aromatic heterocycles. The highest BCUT2D eigenvalue weighted by atomic mass is 19.1. The van der Waals surface area contributed by atoms with E-state index in [1.807, 2.05) is 29.2 Å². The van der Waals surface area contributed by atoms with Crippen LogP contribution in [0.4, 0.5) is 10.1 Å². The molecule has 0 radical (unpaired) electrons. The van der Waals surface area contributed by atoms with E-state index in [2.05, 4.69) is 13.8 Å². The van der Waals surface area contributed by atoms with Crippen LogP contribution in [0.3, 0.4) is 0 Å². The minimum Gasteiger partial charge on any atom is -0.305 e. The number of carbonyl (C=O) groups is 1. The molecular formula is C25H29FN2O. The number of hydrogen-bond acceptors (Lipinski definition) is 2. The highest BCUT2D eigenvalue weighted by molar-refractivity contribution is 6.15. The molecule has 152 valence electrons. The molecule has 2 aromatic rings. The van der Waals surface area contributed by atoms with Crippen LogP contribution in [-0.4, -0.2) is 23.7 Å². The molecule has 0 saturated heterocycles. The summed E-state index contributed by atoms with van der Waals surface area (Å²) in [5.41, 5.74) is 4.36. The number of rotatable bonds is 3. The van der Waals surface area contributed by atoms with Crippen molar-refractivity contribution < 1.29 is 9.18 Å². The van der Waals surface area contributed by atoms with E-state index < -0.39 is 0 Å². The Hall–Kier alpha value is -2.49. The SMILES string of the molecule is CCc1ccc(C(=O)N2c3ccc(F)cc3C(=NC3CCCCC3)CC2C)cc1. The van der Waals surface area contributed by atoms with Gasteiger partial charge in [-0.3, -0.25) is 9.79 Å². The first kappa shape index (κ1) is 19.8. The maximum Gasteiger partial charge on any atom is 0.258 e. The van der Waals surface area contributed by atoms with Crippen molar-refractivity contribution in [2.75, 3.05) is 4.90 Å². The Morgan fingerprint density at radius 1 is 1.10 bits per heavy atom. The molecule has 1 aliphatic carbocycles. The van der Waals surface area contributed by atoms with Crippen molar-refractivity contribution in [1.82, 2.24) is 0 Å². The fourth-order valence-corrected chi connectivity index (χ4v) is 4.55. The maximum atomic E-state index is 14.1. The van der Waals surface area contributed by atoms with Crippen LogP contribution in [0.25, 0.3) is 0 Å². The Morgan fingerprint density at radius 3 is 2.52 bits per heavy atom. The third kappa shape index (κ3) is 4.12. The Balaban J connectivity index is 1.70. The number of fused-ring (bicyclic) bond motifs is 1. The first-order valence-corrected chi connectivity index (χ1v) is 10.9. The van der Waals surface area contributed by atoms with Crippen molar-refractivity contribution >= 4 is 17.3 Å². The topological polar surface area (TPSA) is 32.7 Å². The van der Waals surface area contributed by atoms with E-state index in [1.165, 1.54) is 30.9 Å². The molecule has 1 aliphatic heterocycles. The van der Waals surface area contributed by atoms with Crippen LogP contribution < -0.4 is 4.90 Å². The van der Waals surface area contributed by atoms with E-state index in [4.69, 9.17) is 4.99 Å². The van der Waals surface area contributed by atoms with Crippen LogP contribution in [0.15, 0.2) is 47.5 Å². The van der Waals surface area contributed by atoms with Gasteiger partial charge in [0.1, 0.15) is 5.82 Å². The van der Waals surface area contributed by atoms with Crippen LogP contribution in [0, 0.1) is 5.82 Å². The molecule has 4 rings (SSSR count). The quantitative estimate of drug-likeness (QED) is 0.635. The number of hydrogen-bond donors (Lipinski definition) is 0. The Bertz CT molecular complexity index is 913. The Kier molecular flexibility index (Phi) is 5.79. The Morgan fingerprint density at radius 2 is 1.83 bits per heavy atom. The standard InChI is InChI=1S/C25H29FN2O/c1-3-18-9-11-19(12-10-18)25(29)28-17(2)15-23(27-21-7-5-4-6-8-21)22-16-20(26)13-14-24(22)28/h9-14,16-17,21H,3-8,15H2,1-2H3. The normalized spacial score (nSPS) is 21.3. The van der Waals surface area contributed by atoms with Gasteiger partial charge in [-0.05, 0) is 62.1 Å². The molecule has 1 unspecified atom stereocenters. The van der Waals surface area contributed by atoms with Gasteiger partial charge in [-0.15, -0.1) is 0 Å². The lowest BCUT2D eigenvalue weighted by Crippen LogP contribution is -2.44. The maximum absolute atomic E-state index is 14.1. The molecule has 2 aromatic carbocycles. The summed E-state index contributed by atoms with van der Waals surface area (Å²) < 4.78 is 14.1. The lowest BCUT2D eigenvalue weighted by molar-refractivity contribution is 0.0978. The molecular weight excluding hydrogens is 363 g/mol. The summed E-state index contributed by atoms with van der Waals surface area (Å²) in [5.74, 6) is -0.320. The molecule has 1 saturated carbocycles. The number of benzene rings is 2. The number of carbonyl (C=O) groups excluding carboxylic acids is 1. The predicted octanol–water partition coefficient (Wildman–Crippen LogP) is 5.95. The average Bonchev–Trinajstić information content (AvgIpc) is 2.74. The minimum atomic E-state index is -0.283. The van der Waals surface area contributed by atoms with Crippen LogP contribution in [0.1, 0.15) is 73.9 Å². The summed E-state index contributed by atoms with van der Waals surface area (Å²) in [4.78, 5) is 20.2. The zero-order valence-corrected chi connectivity index (χ0v) is 17.3. The number of nitrogens with zero attached hydrogens (tertiary/aromatic N) is 2.